The van der Waals surface area contributed by atoms with Crippen LogP contribution in [-0.4, -0.2) is 13.0 Å². The summed E-state index contributed by atoms with van der Waals surface area (Å²) in [5, 5.41) is 0. The van der Waals surface area contributed by atoms with Crippen LogP contribution in [0, 0.1) is 35.5 Å². The van der Waals surface area contributed by atoms with E-state index in [0.29, 0.717) is 28.6 Å². The summed E-state index contributed by atoms with van der Waals surface area (Å²) in [5.41, 5.74) is 8.38. The van der Waals surface area contributed by atoms with Crippen LogP contribution in [0.3, 0.4) is 0 Å². The fourth-order valence-electron chi connectivity index (χ4n) is 12.1. The van der Waals surface area contributed by atoms with E-state index in [9.17, 15) is 13.0 Å². The number of fused-ring (bicyclic) bond motifs is 3. The maximum Gasteiger partial charge on any atom is 0.295 e. The molecule has 0 aromatic heterocycles. The van der Waals surface area contributed by atoms with Crippen LogP contribution in [-0.2, 0) is 26.4 Å². The molecule has 16 rings (SSSR count). The van der Waals surface area contributed by atoms with Crippen molar-refractivity contribution in [3.8, 4) is 0 Å². The van der Waals surface area contributed by atoms with E-state index in [1.165, 1.54) is 37.7 Å². The predicted octanol–water partition coefficient (Wildman–Crippen LogP) is 6.93. The fourth-order valence-corrected chi connectivity index (χ4v) is 13.2. The smallest absolute Gasteiger partial charge is 0.282 e. The van der Waals surface area contributed by atoms with Crippen LogP contribution < -0.4 is 0 Å². The van der Waals surface area contributed by atoms with Gasteiger partial charge in [0.15, 0.2) is 0 Å². The van der Waals surface area contributed by atoms with Crippen molar-refractivity contribution in [3.63, 3.8) is 0 Å². The molecule has 4 heteroatoms. The number of benzene rings is 1. The molecule has 3 nitrogen and oxygen atoms in total. The maximum absolute atomic E-state index is 13.5. The van der Waals surface area contributed by atoms with Gasteiger partial charge < -0.3 is 0 Å². The first-order valence-corrected chi connectivity index (χ1v) is 16.5. The Bertz CT molecular complexity index is 1410. The van der Waals surface area contributed by atoms with E-state index in [2.05, 4.69) is 30.4 Å². The number of rotatable bonds is 4. The summed E-state index contributed by atoms with van der Waals surface area (Å²) in [6.45, 7) is 0. The first-order chi connectivity index (χ1) is 17.8. The Labute approximate surface area is 220 Å². The van der Waals surface area contributed by atoms with Gasteiger partial charge in [0.1, 0.15) is 4.90 Å². The second-order valence-electron chi connectivity index (χ2n) is 15.1. The lowest BCUT2D eigenvalue weighted by Gasteiger charge is -2.61. The summed E-state index contributed by atoms with van der Waals surface area (Å²) in [5.74, 6) is 4.04. The molecule has 12 bridgehead atoms. The van der Waals surface area contributed by atoms with Gasteiger partial charge in [0.2, 0.25) is 0 Å². The first-order valence-electron chi connectivity index (χ1n) is 15.0. The summed E-state index contributed by atoms with van der Waals surface area (Å²) in [6.07, 6.45) is 21.2. The molecule has 192 valence electrons. The molecule has 9 fully saturated rings. The maximum atomic E-state index is 13.5. The third kappa shape index (κ3) is 2.40. The van der Waals surface area contributed by atoms with E-state index in [1.54, 1.807) is 16.7 Å². The molecule has 6 atom stereocenters. The van der Waals surface area contributed by atoms with Crippen molar-refractivity contribution in [2.24, 2.45) is 35.5 Å². The Morgan fingerprint density at radius 3 is 1.30 bits per heavy atom. The topological polar surface area (TPSA) is 54.4 Å². The molecule has 0 saturated heterocycles. The highest BCUT2D eigenvalue weighted by Crippen LogP contribution is 2.68. The number of allylic oxidation sites excluding steroid dienone is 6. The van der Waals surface area contributed by atoms with Crippen LogP contribution >= 0.6 is 0 Å². The summed E-state index contributed by atoms with van der Waals surface area (Å²) >= 11 is 0. The van der Waals surface area contributed by atoms with Gasteiger partial charge in [-0.25, -0.2) is 0 Å². The largest absolute Gasteiger partial charge is 0.295 e. The minimum Gasteiger partial charge on any atom is -0.282 e. The van der Waals surface area contributed by atoms with Gasteiger partial charge >= 0.3 is 0 Å². The molecular formula is C33H36O3S. The van der Waals surface area contributed by atoms with Gasteiger partial charge in [-0.2, -0.15) is 8.42 Å². The minimum atomic E-state index is -4.35. The SMILES string of the molecule is O=S(=O)(O)c1c(C23CC=C4C(CC4C2)C3)cc(C23CC=C4C(CC4C2)C3)cc1C12CC=C3C(CC3C1)C2. The Kier molecular flexibility index (Phi) is 3.57. The van der Waals surface area contributed by atoms with Crippen molar-refractivity contribution in [2.75, 3.05) is 0 Å². The van der Waals surface area contributed by atoms with Gasteiger partial charge in [0.05, 0.1) is 0 Å². The van der Waals surface area contributed by atoms with Gasteiger partial charge in [-0.1, -0.05) is 47.1 Å². The lowest BCUT2D eigenvalue weighted by Crippen LogP contribution is -2.52. The van der Waals surface area contributed by atoms with Crippen LogP contribution in [0.15, 0.2) is 52.0 Å². The van der Waals surface area contributed by atoms with Crippen molar-refractivity contribution >= 4 is 10.1 Å². The molecule has 37 heavy (non-hydrogen) atoms. The van der Waals surface area contributed by atoms with Crippen molar-refractivity contribution < 1.29 is 13.0 Å². The zero-order chi connectivity index (χ0) is 24.5. The van der Waals surface area contributed by atoms with E-state index >= 15 is 0 Å². The standard InChI is InChI=1S/C33H36O3S/c34-37(35,36)30-28(32-5-2-26-20(14-32)8-21(26)15-32)10-24(31-4-1-25-18(12-31)7-19(25)13-31)11-29(30)33-6-3-27-22(16-33)9-23(27)17-33/h1-3,10-11,18-23H,4-9,12-17H2,(H,34,35,36). The fraction of sp³-hybridized carbons (Fsp3) is 0.636. The minimum absolute atomic E-state index is 0.126. The second-order valence-corrected chi connectivity index (χ2v) is 16.4. The molecule has 15 aliphatic carbocycles. The Morgan fingerprint density at radius 2 is 0.946 bits per heavy atom. The van der Waals surface area contributed by atoms with E-state index in [4.69, 9.17) is 0 Å². The second kappa shape index (κ2) is 6.22. The third-order valence-electron chi connectivity index (χ3n) is 13.6. The van der Waals surface area contributed by atoms with Crippen LogP contribution in [0.2, 0.25) is 0 Å². The molecule has 0 radical (unpaired) electrons. The van der Waals surface area contributed by atoms with Crippen molar-refractivity contribution in [1.82, 2.24) is 0 Å². The molecular weight excluding hydrogens is 476 g/mol. The van der Waals surface area contributed by atoms with Crippen molar-refractivity contribution in [2.45, 2.75) is 98.2 Å². The number of hydrogen-bond donors (Lipinski definition) is 1. The van der Waals surface area contributed by atoms with Crippen LogP contribution in [0.1, 0.15) is 93.7 Å². The van der Waals surface area contributed by atoms with Crippen LogP contribution in [0.25, 0.3) is 0 Å². The highest BCUT2D eigenvalue weighted by Gasteiger charge is 2.59. The van der Waals surface area contributed by atoms with E-state index in [-0.39, 0.29) is 16.2 Å². The Balaban J connectivity index is 1.24. The highest BCUT2D eigenvalue weighted by molar-refractivity contribution is 7.86. The monoisotopic (exact) mass is 512 g/mol. The quantitative estimate of drug-likeness (QED) is 0.352. The van der Waals surface area contributed by atoms with Crippen LogP contribution in [0.4, 0.5) is 0 Å². The predicted molar refractivity (Wildman–Crippen MR) is 142 cm³/mol. The molecule has 6 unspecified atom stereocenters. The third-order valence-corrected chi connectivity index (χ3v) is 14.6. The average molecular weight is 513 g/mol. The van der Waals surface area contributed by atoms with Crippen molar-refractivity contribution in [3.05, 3.63) is 63.8 Å². The van der Waals surface area contributed by atoms with Gasteiger partial charge in [0.25, 0.3) is 10.1 Å². The summed E-state index contributed by atoms with van der Waals surface area (Å²) in [7, 11) is -4.35. The molecule has 0 spiro atoms. The van der Waals surface area contributed by atoms with E-state index in [1.807, 2.05) is 0 Å². The zero-order valence-electron chi connectivity index (χ0n) is 21.5. The van der Waals surface area contributed by atoms with Gasteiger partial charge in [-0.05, 0) is 135 Å². The lowest BCUT2D eigenvalue weighted by molar-refractivity contribution is 0.0857. The van der Waals surface area contributed by atoms with E-state index < -0.39 is 10.1 Å². The number of hydrogen-bond acceptors (Lipinski definition) is 2. The van der Waals surface area contributed by atoms with Crippen LogP contribution in [0.5, 0.6) is 0 Å². The molecule has 1 aromatic carbocycles. The average Bonchev–Trinajstić information content (AvgIpc) is 2.88. The molecule has 0 aliphatic heterocycles. The van der Waals surface area contributed by atoms with Gasteiger partial charge in [-0.3, -0.25) is 4.55 Å². The Morgan fingerprint density at radius 1 is 0.595 bits per heavy atom. The first kappa shape index (κ1) is 21.2. The molecule has 0 heterocycles. The zero-order valence-corrected chi connectivity index (χ0v) is 22.3. The van der Waals surface area contributed by atoms with Crippen molar-refractivity contribution in [1.29, 1.82) is 0 Å². The van der Waals surface area contributed by atoms with Gasteiger partial charge in [0, 0.05) is 10.8 Å². The Hall–Kier alpha value is -1.65. The summed E-state index contributed by atoms with van der Waals surface area (Å²) in [6, 6.07) is 4.70. The molecule has 0 amide bonds. The van der Waals surface area contributed by atoms with Gasteiger partial charge in [-0.15, -0.1) is 0 Å². The molecule has 1 aromatic rings. The normalized spacial score (nSPS) is 48.9. The molecule has 9 saturated carbocycles. The molecule has 1 N–H and O–H groups in total. The summed E-state index contributed by atoms with van der Waals surface area (Å²) < 4.78 is 38.0. The molecule has 15 aliphatic rings. The highest BCUT2D eigenvalue weighted by atomic mass is 32.2. The van der Waals surface area contributed by atoms with E-state index in [0.717, 1.165) is 67.9 Å². The summed E-state index contributed by atoms with van der Waals surface area (Å²) in [4.78, 5) is 0.344. The lowest BCUT2D eigenvalue weighted by atomic mass is 9.43.